The lowest BCUT2D eigenvalue weighted by molar-refractivity contribution is 0.0950. The number of nitrogens with two attached hydrogens (primary N) is 1. The third-order valence-electron chi connectivity index (χ3n) is 3.50. The average Bonchev–Trinajstić information content (AvgIpc) is 2.93. The first-order valence-electron chi connectivity index (χ1n) is 7.07. The number of carbonyl (C=O) groups excluding carboxylic acids is 1. The number of carbonyl (C=O) groups is 1. The summed E-state index contributed by atoms with van der Waals surface area (Å²) >= 11 is 0. The molecule has 19 heavy (non-hydrogen) atoms. The molecule has 3 N–H and O–H groups in total. The van der Waals surface area contributed by atoms with Crippen molar-refractivity contribution in [3.05, 3.63) is 23.7 Å². The molecule has 1 aromatic rings. The maximum Gasteiger partial charge on any atom is 0.254 e. The topological polar surface area (TPSA) is 71.5 Å². The molecule has 1 aliphatic heterocycles. The third-order valence-corrected chi connectivity index (χ3v) is 3.50. The van der Waals surface area contributed by atoms with Crippen LogP contribution in [0.25, 0.3) is 0 Å². The summed E-state index contributed by atoms with van der Waals surface area (Å²) in [4.78, 5) is 14.3. The van der Waals surface area contributed by atoms with Gasteiger partial charge in [0.05, 0.1) is 12.1 Å². The van der Waals surface area contributed by atoms with Crippen molar-refractivity contribution in [2.24, 2.45) is 5.73 Å². The summed E-state index contributed by atoms with van der Waals surface area (Å²) < 4.78 is 5.14. The van der Waals surface area contributed by atoms with Gasteiger partial charge in [0, 0.05) is 6.54 Å². The number of piperidine rings is 1. The summed E-state index contributed by atoms with van der Waals surface area (Å²) in [6.07, 6.45) is 6.43. The normalized spacial score (nSPS) is 16.5. The quantitative estimate of drug-likeness (QED) is 0.762. The zero-order valence-electron chi connectivity index (χ0n) is 11.4. The van der Waals surface area contributed by atoms with Crippen LogP contribution in [0.1, 0.15) is 41.8 Å². The molecule has 5 nitrogen and oxygen atoms in total. The number of nitrogens with one attached hydrogen (secondary N) is 1. The van der Waals surface area contributed by atoms with Gasteiger partial charge in [0.1, 0.15) is 12.0 Å². The van der Waals surface area contributed by atoms with E-state index in [0.717, 1.165) is 13.0 Å². The smallest absolute Gasteiger partial charge is 0.254 e. The second-order valence-electron chi connectivity index (χ2n) is 5.02. The van der Waals surface area contributed by atoms with Gasteiger partial charge in [0.15, 0.2) is 0 Å². The van der Waals surface area contributed by atoms with Crippen molar-refractivity contribution in [1.82, 2.24) is 10.2 Å². The largest absolute Gasteiger partial charge is 0.467 e. The monoisotopic (exact) mass is 265 g/mol. The van der Waals surface area contributed by atoms with Crippen LogP contribution in [0.5, 0.6) is 0 Å². The Bertz CT molecular complexity index is 397. The molecular formula is C14H23N3O2. The van der Waals surface area contributed by atoms with Gasteiger partial charge in [-0.25, -0.2) is 0 Å². The predicted octanol–water partition coefficient (Wildman–Crippen LogP) is 1.34. The Labute approximate surface area is 114 Å². The first-order valence-corrected chi connectivity index (χ1v) is 7.07. The molecule has 0 aromatic carbocycles. The van der Waals surface area contributed by atoms with E-state index in [4.69, 9.17) is 10.2 Å². The number of hydrogen-bond donors (Lipinski definition) is 2. The second kappa shape index (κ2) is 7.31. The van der Waals surface area contributed by atoms with E-state index in [2.05, 4.69) is 10.2 Å². The minimum absolute atomic E-state index is 0.0814. The van der Waals surface area contributed by atoms with E-state index in [1.165, 1.54) is 38.6 Å². The summed E-state index contributed by atoms with van der Waals surface area (Å²) in [6, 6.07) is 1.69. The Morgan fingerprint density at radius 2 is 2.16 bits per heavy atom. The highest BCUT2D eigenvalue weighted by Gasteiger charge is 2.11. The van der Waals surface area contributed by atoms with Crippen LogP contribution in [0.15, 0.2) is 16.7 Å². The summed E-state index contributed by atoms with van der Waals surface area (Å²) in [5, 5.41) is 2.91. The van der Waals surface area contributed by atoms with E-state index in [1.807, 2.05) is 0 Å². The van der Waals surface area contributed by atoms with Crippen LogP contribution in [0, 0.1) is 0 Å². The van der Waals surface area contributed by atoms with Gasteiger partial charge in [0.2, 0.25) is 0 Å². The molecule has 5 heteroatoms. The molecule has 2 rings (SSSR count). The van der Waals surface area contributed by atoms with Crippen molar-refractivity contribution in [2.75, 3.05) is 26.2 Å². The molecule has 1 fully saturated rings. The van der Waals surface area contributed by atoms with Gasteiger partial charge in [0.25, 0.3) is 5.91 Å². The number of amides is 1. The molecule has 1 aliphatic rings. The summed E-state index contributed by atoms with van der Waals surface area (Å²) in [6.45, 7) is 4.51. The van der Waals surface area contributed by atoms with Gasteiger partial charge in [-0.15, -0.1) is 0 Å². The lowest BCUT2D eigenvalue weighted by Crippen LogP contribution is -2.33. The summed E-state index contributed by atoms with van der Waals surface area (Å²) in [5.41, 5.74) is 5.99. The van der Waals surface area contributed by atoms with Crippen molar-refractivity contribution in [2.45, 2.75) is 32.2 Å². The Kier molecular flexibility index (Phi) is 5.42. The molecule has 0 saturated carbocycles. The Morgan fingerprint density at radius 3 is 2.84 bits per heavy atom. The maximum absolute atomic E-state index is 11.8. The van der Waals surface area contributed by atoms with Crippen LogP contribution in [0.3, 0.4) is 0 Å². The lowest BCUT2D eigenvalue weighted by Gasteiger charge is -2.26. The fraction of sp³-hybridized carbons (Fsp3) is 0.643. The highest BCUT2D eigenvalue weighted by atomic mass is 16.3. The molecule has 0 atom stereocenters. The molecule has 1 aromatic heterocycles. The van der Waals surface area contributed by atoms with Gasteiger partial charge < -0.3 is 20.4 Å². The van der Waals surface area contributed by atoms with Crippen LogP contribution in [-0.4, -0.2) is 37.0 Å². The van der Waals surface area contributed by atoms with Crippen LogP contribution >= 0.6 is 0 Å². The first kappa shape index (κ1) is 14.1. The molecule has 1 amide bonds. The molecule has 0 unspecified atom stereocenters. The number of likely N-dealkylation sites (tertiary alicyclic amines) is 1. The van der Waals surface area contributed by atoms with Gasteiger partial charge in [-0.3, -0.25) is 4.79 Å². The standard InChI is InChI=1S/C14H23N3O2/c15-10-13-9-12(11-19-13)14(18)16-5-4-8-17-6-2-1-3-7-17/h9,11H,1-8,10,15H2,(H,16,18). The van der Waals surface area contributed by atoms with Crippen LogP contribution < -0.4 is 11.1 Å². The molecule has 106 valence electrons. The number of rotatable bonds is 6. The highest BCUT2D eigenvalue weighted by molar-refractivity contribution is 5.93. The van der Waals surface area contributed by atoms with Crippen LogP contribution in [0.2, 0.25) is 0 Å². The van der Waals surface area contributed by atoms with E-state index in [1.54, 1.807) is 6.07 Å². The molecule has 0 aliphatic carbocycles. The minimum atomic E-state index is -0.0814. The van der Waals surface area contributed by atoms with Gasteiger partial charge in [-0.05, 0) is 45.0 Å². The van der Waals surface area contributed by atoms with E-state index < -0.39 is 0 Å². The Hall–Kier alpha value is -1.33. The van der Waals surface area contributed by atoms with Crippen LogP contribution in [0.4, 0.5) is 0 Å². The second-order valence-corrected chi connectivity index (χ2v) is 5.02. The molecule has 0 spiro atoms. The number of furan rings is 1. The Morgan fingerprint density at radius 1 is 1.37 bits per heavy atom. The molecule has 0 radical (unpaired) electrons. The fourth-order valence-electron chi connectivity index (χ4n) is 2.40. The van der Waals surface area contributed by atoms with Crippen molar-refractivity contribution in [1.29, 1.82) is 0 Å². The van der Waals surface area contributed by atoms with Crippen molar-refractivity contribution in [3.63, 3.8) is 0 Å². The Balaban J connectivity index is 1.63. The molecule has 1 saturated heterocycles. The third kappa shape index (κ3) is 4.36. The predicted molar refractivity (Wildman–Crippen MR) is 73.8 cm³/mol. The average molecular weight is 265 g/mol. The van der Waals surface area contributed by atoms with Gasteiger partial charge in [-0.2, -0.15) is 0 Å². The zero-order valence-corrected chi connectivity index (χ0v) is 11.4. The van der Waals surface area contributed by atoms with E-state index in [-0.39, 0.29) is 5.91 Å². The van der Waals surface area contributed by atoms with Crippen LogP contribution in [-0.2, 0) is 6.54 Å². The van der Waals surface area contributed by atoms with E-state index in [0.29, 0.717) is 24.4 Å². The van der Waals surface area contributed by atoms with Gasteiger partial charge in [-0.1, -0.05) is 6.42 Å². The van der Waals surface area contributed by atoms with Crippen molar-refractivity contribution < 1.29 is 9.21 Å². The zero-order chi connectivity index (χ0) is 13.5. The van der Waals surface area contributed by atoms with Crippen molar-refractivity contribution >= 4 is 5.91 Å². The van der Waals surface area contributed by atoms with Gasteiger partial charge >= 0.3 is 0 Å². The summed E-state index contributed by atoms with van der Waals surface area (Å²) in [7, 11) is 0. The maximum atomic E-state index is 11.8. The minimum Gasteiger partial charge on any atom is -0.467 e. The molecule has 0 bridgehead atoms. The highest BCUT2D eigenvalue weighted by Crippen LogP contribution is 2.09. The molecular weight excluding hydrogens is 242 g/mol. The SMILES string of the molecule is NCc1cc(C(=O)NCCCN2CCCCC2)co1. The lowest BCUT2D eigenvalue weighted by atomic mass is 10.1. The first-order chi connectivity index (χ1) is 9.29. The fourth-order valence-corrected chi connectivity index (χ4v) is 2.40. The summed E-state index contributed by atoms with van der Waals surface area (Å²) in [5.74, 6) is 0.556. The van der Waals surface area contributed by atoms with E-state index >= 15 is 0 Å². The van der Waals surface area contributed by atoms with Crippen molar-refractivity contribution in [3.8, 4) is 0 Å². The number of hydrogen-bond acceptors (Lipinski definition) is 4. The number of nitrogens with zero attached hydrogens (tertiary/aromatic N) is 1. The van der Waals surface area contributed by atoms with E-state index in [9.17, 15) is 4.79 Å². The molecule has 2 heterocycles.